The molecule has 0 aliphatic carbocycles. The quantitative estimate of drug-likeness (QED) is 0.929. The molecule has 0 aliphatic heterocycles. The molecule has 2 N–H and O–H groups in total. The van der Waals surface area contributed by atoms with Gasteiger partial charge in [-0.15, -0.1) is 5.10 Å². The van der Waals surface area contributed by atoms with Crippen LogP contribution in [-0.2, 0) is 11.3 Å². The highest BCUT2D eigenvalue weighted by Crippen LogP contribution is 2.29. The van der Waals surface area contributed by atoms with Crippen molar-refractivity contribution in [2.24, 2.45) is 5.73 Å². The van der Waals surface area contributed by atoms with Gasteiger partial charge in [0.25, 0.3) is 0 Å². The number of hydrogen-bond acceptors (Lipinski definition) is 5. The summed E-state index contributed by atoms with van der Waals surface area (Å²) in [6, 6.07) is 4.84. The number of nitrogens with two attached hydrogens (primary N) is 1. The summed E-state index contributed by atoms with van der Waals surface area (Å²) >= 11 is 11.9. The van der Waals surface area contributed by atoms with E-state index in [1.807, 2.05) is 0 Å². The van der Waals surface area contributed by atoms with E-state index in [4.69, 9.17) is 33.7 Å². The fourth-order valence-electron chi connectivity index (χ4n) is 1.54. The van der Waals surface area contributed by atoms with Gasteiger partial charge in [-0.3, -0.25) is 0 Å². The van der Waals surface area contributed by atoms with Crippen molar-refractivity contribution in [1.29, 1.82) is 0 Å². The molecule has 1 heterocycles. The summed E-state index contributed by atoms with van der Waals surface area (Å²) in [6.45, 7) is 0.192. The van der Waals surface area contributed by atoms with Crippen LogP contribution < -0.4 is 5.73 Å². The Kier molecular flexibility index (Phi) is 4.18. The maximum absolute atomic E-state index is 11.0. The summed E-state index contributed by atoms with van der Waals surface area (Å²) in [7, 11) is 0. The molecule has 0 aliphatic rings. The molecule has 2 aromatic rings. The Bertz CT molecular complexity index is 575. The smallest absolute Gasteiger partial charge is 0.405 e. The largest absolute Gasteiger partial charge is 0.439 e. The average Bonchev–Trinajstić information content (AvgIpc) is 2.80. The number of aromatic nitrogens is 4. The van der Waals surface area contributed by atoms with Crippen LogP contribution in [0.25, 0.3) is 0 Å². The van der Waals surface area contributed by atoms with Crippen molar-refractivity contribution < 1.29 is 9.53 Å². The van der Waals surface area contributed by atoms with Crippen LogP contribution in [0.2, 0.25) is 10.0 Å². The van der Waals surface area contributed by atoms with Gasteiger partial charge in [0.15, 0.2) is 0 Å². The van der Waals surface area contributed by atoms with E-state index in [2.05, 4.69) is 15.5 Å². The molecule has 0 fully saturated rings. The lowest BCUT2D eigenvalue weighted by atomic mass is 10.1. The van der Waals surface area contributed by atoms with Gasteiger partial charge in [0.1, 0.15) is 12.4 Å². The second-order valence-corrected chi connectivity index (χ2v) is 4.47. The first-order chi connectivity index (χ1) is 9.06. The van der Waals surface area contributed by atoms with Crippen molar-refractivity contribution >= 4 is 29.3 Å². The Balaban J connectivity index is 2.28. The maximum Gasteiger partial charge on any atom is 0.405 e. The number of nitrogens with zero attached hydrogens (tertiary/aromatic N) is 4. The Labute approximate surface area is 118 Å². The molecule has 2 rings (SSSR count). The van der Waals surface area contributed by atoms with Gasteiger partial charge >= 0.3 is 6.09 Å². The van der Waals surface area contributed by atoms with Gasteiger partial charge < -0.3 is 10.5 Å². The van der Waals surface area contributed by atoms with Crippen LogP contribution >= 0.6 is 23.2 Å². The normalized spacial score (nSPS) is 12.1. The highest BCUT2D eigenvalue weighted by molar-refractivity contribution is 6.35. The lowest BCUT2D eigenvalue weighted by Crippen LogP contribution is -2.21. The molecule has 1 amide bonds. The first kappa shape index (κ1) is 13.6. The SMILES string of the molecule is NC(=O)OC(Cn1cnnn1)c1ccc(Cl)cc1Cl. The van der Waals surface area contributed by atoms with E-state index in [0.29, 0.717) is 15.6 Å². The van der Waals surface area contributed by atoms with Crippen molar-refractivity contribution in [3.8, 4) is 0 Å². The molecule has 0 saturated carbocycles. The molecule has 0 spiro atoms. The number of amides is 1. The number of tetrazole rings is 1. The zero-order valence-electron chi connectivity index (χ0n) is 9.53. The number of hydrogen-bond donors (Lipinski definition) is 1. The van der Waals surface area contributed by atoms with Crippen molar-refractivity contribution in [2.45, 2.75) is 12.6 Å². The van der Waals surface area contributed by atoms with Crippen LogP contribution in [0.15, 0.2) is 24.5 Å². The summed E-state index contributed by atoms with van der Waals surface area (Å²) in [5, 5.41) is 11.5. The fraction of sp³-hybridized carbons (Fsp3) is 0.200. The number of carbonyl (C=O) groups is 1. The molecule has 1 aromatic carbocycles. The minimum absolute atomic E-state index is 0.192. The van der Waals surface area contributed by atoms with Gasteiger partial charge in [0.05, 0.1) is 6.54 Å². The van der Waals surface area contributed by atoms with Crippen molar-refractivity contribution in [2.75, 3.05) is 0 Å². The van der Waals surface area contributed by atoms with Crippen LogP contribution in [0.1, 0.15) is 11.7 Å². The fourth-order valence-corrected chi connectivity index (χ4v) is 2.07. The minimum Gasteiger partial charge on any atom is -0.439 e. The van der Waals surface area contributed by atoms with E-state index in [1.54, 1.807) is 18.2 Å². The summed E-state index contributed by atoms with van der Waals surface area (Å²) in [5.74, 6) is 0. The molecule has 7 nitrogen and oxygen atoms in total. The van der Waals surface area contributed by atoms with E-state index < -0.39 is 12.2 Å². The van der Waals surface area contributed by atoms with Gasteiger partial charge in [0, 0.05) is 15.6 Å². The summed E-state index contributed by atoms with van der Waals surface area (Å²) in [5.41, 5.74) is 5.62. The van der Waals surface area contributed by atoms with Crippen LogP contribution in [0, 0.1) is 0 Å². The summed E-state index contributed by atoms with van der Waals surface area (Å²) < 4.78 is 6.43. The van der Waals surface area contributed by atoms with E-state index in [1.165, 1.54) is 11.0 Å². The van der Waals surface area contributed by atoms with Crippen molar-refractivity contribution in [1.82, 2.24) is 20.2 Å². The van der Waals surface area contributed by atoms with E-state index in [0.717, 1.165) is 0 Å². The molecule has 19 heavy (non-hydrogen) atoms. The van der Waals surface area contributed by atoms with Crippen LogP contribution in [0.4, 0.5) is 4.79 Å². The topological polar surface area (TPSA) is 95.9 Å². The highest BCUT2D eigenvalue weighted by Gasteiger charge is 2.19. The van der Waals surface area contributed by atoms with Gasteiger partial charge in [-0.25, -0.2) is 9.48 Å². The highest BCUT2D eigenvalue weighted by atomic mass is 35.5. The Hall–Kier alpha value is -1.86. The number of ether oxygens (including phenoxy) is 1. The van der Waals surface area contributed by atoms with E-state index in [-0.39, 0.29) is 6.54 Å². The average molecular weight is 302 g/mol. The van der Waals surface area contributed by atoms with E-state index >= 15 is 0 Å². The number of primary amides is 1. The Morgan fingerprint density at radius 1 is 1.47 bits per heavy atom. The van der Waals surface area contributed by atoms with Gasteiger partial charge in [0.2, 0.25) is 0 Å². The number of halogens is 2. The standard InChI is InChI=1S/C10H9Cl2N5O2/c11-6-1-2-7(8(12)3-6)9(19-10(13)18)4-17-5-14-15-16-17/h1-3,5,9H,4H2,(H2,13,18). The monoisotopic (exact) mass is 301 g/mol. The minimum atomic E-state index is -0.913. The number of carbonyl (C=O) groups excluding carboxylic acids is 1. The van der Waals surface area contributed by atoms with Crippen LogP contribution in [0.3, 0.4) is 0 Å². The van der Waals surface area contributed by atoms with E-state index in [9.17, 15) is 4.79 Å². The summed E-state index contributed by atoms with van der Waals surface area (Å²) in [6.07, 6.45) is -0.226. The maximum atomic E-state index is 11.0. The van der Waals surface area contributed by atoms with Crippen LogP contribution in [0.5, 0.6) is 0 Å². The third-order valence-corrected chi connectivity index (χ3v) is 2.87. The number of rotatable bonds is 4. The Morgan fingerprint density at radius 3 is 2.84 bits per heavy atom. The molecule has 1 unspecified atom stereocenters. The molecule has 1 atom stereocenters. The first-order valence-electron chi connectivity index (χ1n) is 5.18. The molecule has 9 heteroatoms. The first-order valence-corrected chi connectivity index (χ1v) is 5.93. The second-order valence-electron chi connectivity index (χ2n) is 3.62. The Morgan fingerprint density at radius 2 is 2.26 bits per heavy atom. The predicted octanol–water partition coefficient (Wildman–Crippen LogP) is 1.82. The number of benzene rings is 1. The molecule has 1 aromatic heterocycles. The van der Waals surface area contributed by atoms with Crippen molar-refractivity contribution in [3.05, 3.63) is 40.1 Å². The van der Waals surface area contributed by atoms with Crippen molar-refractivity contribution in [3.63, 3.8) is 0 Å². The van der Waals surface area contributed by atoms with Gasteiger partial charge in [-0.05, 0) is 22.6 Å². The molecule has 0 bridgehead atoms. The molecular formula is C10H9Cl2N5O2. The van der Waals surface area contributed by atoms with Gasteiger partial charge in [-0.2, -0.15) is 0 Å². The lowest BCUT2D eigenvalue weighted by Gasteiger charge is -2.17. The molecular weight excluding hydrogens is 293 g/mol. The molecule has 100 valence electrons. The van der Waals surface area contributed by atoms with Gasteiger partial charge in [-0.1, -0.05) is 29.3 Å². The second kappa shape index (κ2) is 5.85. The molecule has 0 saturated heterocycles. The third kappa shape index (κ3) is 3.55. The summed E-state index contributed by atoms with van der Waals surface area (Å²) in [4.78, 5) is 11.0. The lowest BCUT2D eigenvalue weighted by molar-refractivity contribution is 0.0930. The molecule has 0 radical (unpaired) electrons. The zero-order valence-corrected chi connectivity index (χ0v) is 11.0. The predicted molar refractivity (Wildman–Crippen MR) is 67.7 cm³/mol. The third-order valence-electron chi connectivity index (χ3n) is 2.31. The van der Waals surface area contributed by atoms with Crippen LogP contribution in [-0.4, -0.2) is 26.3 Å². The zero-order chi connectivity index (χ0) is 13.8.